The van der Waals surface area contributed by atoms with Crippen molar-refractivity contribution in [1.82, 2.24) is 24.6 Å². The summed E-state index contributed by atoms with van der Waals surface area (Å²) in [6.45, 7) is 6.17. The summed E-state index contributed by atoms with van der Waals surface area (Å²) in [5, 5.41) is 5.34. The Hall–Kier alpha value is -1.95. The molecule has 6 nitrogen and oxygen atoms in total. The minimum Gasteiger partial charge on any atom is -0.334 e. The first-order valence-electron chi connectivity index (χ1n) is 9.40. The highest BCUT2D eigenvalue weighted by Gasteiger charge is 2.38. The van der Waals surface area contributed by atoms with Crippen LogP contribution >= 0.6 is 0 Å². The van der Waals surface area contributed by atoms with Crippen LogP contribution in [0.25, 0.3) is 11.0 Å². The van der Waals surface area contributed by atoms with Crippen LogP contribution in [0.4, 0.5) is 0 Å². The highest BCUT2D eigenvalue weighted by Crippen LogP contribution is 2.30. The summed E-state index contributed by atoms with van der Waals surface area (Å²) in [6.07, 6.45) is 8.18. The van der Waals surface area contributed by atoms with Gasteiger partial charge >= 0.3 is 0 Å². The average molecular weight is 341 g/mol. The monoisotopic (exact) mass is 341 g/mol. The number of carbonyl (C=O) groups is 1. The molecule has 0 aromatic carbocycles. The van der Waals surface area contributed by atoms with E-state index in [4.69, 9.17) is 0 Å². The standard InChI is InChI=1S/C19H27N5O/c1-13(2)24-18-14(12-21-24)10-15(11-20-18)19(25)23-9-5-7-17(23)16-6-4-8-22(16)3/h10-13,16-17H,4-9H2,1-3H3. The molecule has 0 radical (unpaired) electrons. The fourth-order valence-corrected chi connectivity index (χ4v) is 4.47. The zero-order valence-corrected chi connectivity index (χ0v) is 15.4. The lowest BCUT2D eigenvalue weighted by atomic mass is 10.0. The van der Waals surface area contributed by atoms with E-state index in [0.717, 1.165) is 37.0 Å². The van der Waals surface area contributed by atoms with Gasteiger partial charge in [-0.1, -0.05) is 0 Å². The topological polar surface area (TPSA) is 54.3 Å². The number of likely N-dealkylation sites (N-methyl/N-ethyl adjacent to an activating group) is 1. The second kappa shape index (κ2) is 6.41. The summed E-state index contributed by atoms with van der Waals surface area (Å²) in [6, 6.07) is 3.05. The smallest absolute Gasteiger partial charge is 0.255 e. The van der Waals surface area contributed by atoms with E-state index in [1.807, 2.05) is 16.9 Å². The van der Waals surface area contributed by atoms with E-state index in [-0.39, 0.29) is 11.9 Å². The molecule has 4 rings (SSSR count). The van der Waals surface area contributed by atoms with E-state index in [1.165, 1.54) is 12.8 Å². The van der Waals surface area contributed by atoms with Crippen LogP contribution in [0.15, 0.2) is 18.5 Å². The van der Waals surface area contributed by atoms with Gasteiger partial charge < -0.3 is 9.80 Å². The molecule has 25 heavy (non-hydrogen) atoms. The molecule has 2 unspecified atom stereocenters. The summed E-state index contributed by atoms with van der Waals surface area (Å²) in [5.41, 5.74) is 1.53. The molecule has 2 saturated heterocycles. The van der Waals surface area contributed by atoms with Crippen LogP contribution in [-0.4, -0.2) is 62.7 Å². The minimum atomic E-state index is 0.120. The van der Waals surface area contributed by atoms with E-state index in [0.29, 0.717) is 17.6 Å². The zero-order valence-electron chi connectivity index (χ0n) is 15.4. The van der Waals surface area contributed by atoms with Crippen molar-refractivity contribution < 1.29 is 4.79 Å². The van der Waals surface area contributed by atoms with Crippen molar-refractivity contribution in [3.8, 4) is 0 Å². The lowest BCUT2D eigenvalue weighted by Gasteiger charge is -2.33. The third-order valence-electron chi connectivity index (χ3n) is 5.75. The van der Waals surface area contributed by atoms with Gasteiger partial charge in [-0.2, -0.15) is 5.10 Å². The Balaban J connectivity index is 1.60. The Morgan fingerprint density at radius 2 is 1.92 bits per heavy atom. The van der Waals surface area contributed by atoms with Crippen LogP contribution in [0.5, 0.6) is 0 Å². The number of hydrogen-bond acceptors (Lipinski definition) is 4. The van der Waals surface area contributed by atoms with Gasteiger partial charge in [-0.3, -0.25) is 4.79 Å². The Labute approximate surface area is 148 Å². The van der Waals surface area contributed by atoms with Gasteiger partial charge in [0.25, 0.3) is 5.91 Å². The maximum Gasteiger partial charge on any atom is 0.255 e. The highest BCUT2D eigenvalue weighted by atomic mass is 16.2. The molecule has 0 bridgehead atoms. The summed E-state index contributed by atoms with van der Waals surface area (Å²) in [4.78, 5) is 22.2. The quantitative estimate of drug-likeness (QED) is 0.861. The van der Waals surface area contributed by atoms with Gasteiger partial charge in [0.15, 0.2) is 5.65 Å². The van der Waals surface area contributed by atoms with Gasteiger partial charge in [0.05, 0.1) is 11.8 Å². The third-order valence-corrected chi connectivity index (χ3v) is 5.75. The van der Waals surface area contributed by atoms with Crippen LogP contribution in [0.3, 0.4) is 0 Å². The maximum atomic E-state index is 13.1. The van der Waals surface area contributed by atoms with Crippen molar-refractivity contribution in [2.24, 2.45) is 0 Å². The second-order valence-corrected chi connectivity index (χ2v) is 7.72. The molecule has 134 valence electrons. The van der Waals surface area contributed by atoms with Gasteiger partial charge in [-0.05, 0) is 59.2 Å². The number of pyridine rings is 1. The maximum absolute atomic E-state index is 13.1. The number of nitrogens with zero attached hydrogens (tertiary/aromatic N) is 5. The molecule has 4 heterocycles. The summed E-state index contributed by atoms with van der Waals surface area (Å²) in [7, 11) is 2.19. The first kappa shape index (κ1) is 16.5. The van der Waals surface area contributed by atoms with Crippen LogP contribution < -0.4 is 0 Å². The number of hydrogen-bond donors (Lipinski definition) is 0. The molecule has 1 amide bonds. The number of carbonyl (C=O) groups excluding carboxylic acids is 1. The van der Waals surface area contributed by atoms with Gasteiger partial charge in [0.2, 0.25) is 0 Å². The number of likely N-dealkylation sites (tertiary alicyclic amines) is 2. The largest absolute Gasteiger partial charge is 0.334 e. The molecular weight excluding hydrogens is 314 g/mol. The van der Waals surface area contributed by atoms with Gasteiger partial charge in [0.1, 0.15) is 0 Å². The van der Waals surface area contributed by atoms with Crippen LogP contribution in [0.2, 0.25) is 0 Å². The predicted octanol–water partition coefficient (Wildman–Crippen LogP) is 2.71. The zero-order chi connectivity index (χ0) is 17.6. The van der Waals surface area contributed by atoms with Crippen LogP contribution in [-0.2, 0) is 0 Å². The van der Waals surface area contributed by atoms with Crippen molar-refractivity contribution in [3.63, 3.8) is 0 Å². The van der Waals surface area contributed by atoms with Crippen molar-refractivity contribution in [1.29, 1.82) is 0 Å². The lowest BCUT2D eigenvalue weighted by Crippen LogP contribution is -2.47. The van der Waals surface area contributed by atoms with E-state index < -0.39 is 0 Å². The molecule has 2 aromatic rings. The fourth-order valence-electron chi connectivity index (χ4n) is 4.47. The Morgan fingerprint density at radius 3 is 2.64 bits per heavy atom. The summed E-state index contributed by atoms with van der Waals surface area (Å²) in [5.74, 6) is 0.120. The molecule has 2 fully saturated rings. The van der Waals surface area contributed by atoms with E-state index in [2.05, 4.69) is 40.8 Å². The number of fused-ring (bicyclic) bond motifs is 1. The Morgan fingerprint density at radius 1 is 1.16 bits per heavy atom. The van der Waals surface area contributed by atoms with Gasteiger partial charge in [-0.25, -0.2) is 9.67 Å². The van der Waals surface area contributed by atoms with E-state index in [1.54, 1.807) is 6.20 Å². The minimum absolute atomic E-state index is 0.120. The third kappa shape index (κ3) is 2.82. The molecule has 2 aliphatic heterocycles. The van der Waals surface area contributed by atoms with E-state index in [9.17, 15) is 4.79 Å². The fraction of sp³-hybridized carbons (Fsp3) is 0.632. The Bertz CT molecular complexity index is 783. The molecule has 0 N–H and O–H groups in total. The normalized spacial score (nSPS) is 24.7. The molecule has 2 aromatic heterocycles. The molecule has 2 atom stereocenters. The summed E-state index contributed by atoms with van der Waals surface area (Å²) < 4.78 is 1.90. The second-order valence-electron chi connectivity index (χ2n) is 7.72. The summed E-state index contributed by atoms with van der Waals surface area (Å²) >= 11 is 0. The van der Waals surface area contributed by atoms with Crippen molar-refractivity contribution in [2.45, 2.75) is 57.7 Å². The predicted molar refractivity (Wildman–Crippen MR) is 97.6 cm³/mol. The van der Waals surface area contributed by atoms with Crippen LogP contribution in [0.1, 0.15) is 55.9 Å². The molecular formula is C19H27N5O. The average Bonchev–Trinajstić information content (AvgIpc) is 3.31. The molecule has 0 saturated carbocycles. The molecule has 0 spiro atoms. The SMILES string of the molecule is CC(C)n1ncc2cc(C(=O)N3CCCC3C3CCCN3C)cnc21. The molecule has 6 heteroatoms. The van der Waals surface area contributed by atoms with Gasteiger partial charge in [0, 0.05) is 36.3 Å². The van der Waals surface area contributed by atoms with Crippen molar-refractivity contribution in [3.05, 3.63) is 24.0 Å². The van der Waals surface area contributed by atoms with Crippen molar-refractivity contribution in [2.75, 3.05) is 20.1 Å². The molecule has 2 aliphatic rings. The number of aromatic nitrogens is 3. The Kier molecular flexibility index (Phi) is 4.23. The number of rotatable bonds is 3. The van der Waals surface area contributed by atoms with Gasteiger partial charge in [-0.15, -0.1) is 0 Å². The highest BCUT2D eigenvalue weighted by molar-refractivity contribution is 5.97. The van der Waals surface area contributed by atoms with Crippen LogP contribution in [0, 0.1) is 0 Å². The molecule has 0 aliphatic carbocycles. The lowest BCUT2D eigenvalue weighted by molar-refractivity contribution is 0.0664. The van der Waals surface area contributed by atoms with Crippen molar-refractivity contribution >= 4 is 16.9 Å². The first-order valence-corrected chi connectivity index (χ1v) is 9.40. The number of amides is 1. The van der Waals surface area contributed by atoms with E-state index >= 15 is 0 Å². The first-order chi connectivity index (χ1) is 12.1.